The number of carbonyl (C=O) groups excluding carboxylic acids is 1. The normalized spacial score (nSPS) is 16.2. The maximum Gasteiger partial charge on any atom is 0.255 e. The first-order valence-electron chi connectivity index (χ1n) is 6.22. The minimum absolute atomic E-state index is 0.139. The highest BCUT2D eigenvalue weighted by molar-refractivity contribution is 7.80. The minimum Gasteiger partial charge on any atom is -0.392 e. The van der Waals surface area contributed by atoms with Crippen LogP contribution in [0.15, 0.2) is 18.2 Å². The van der Waals surface area contributed by atoms with Gasteiger partial charge in [-0.05, 0) is 18.2 Å². The Morgan fingerprint density at radius 2 is 2.00 bits per heavy atom. The summed E-state index contributed by atoms with van der Waals surface area (Å²) in [4.78, 5) is 16.6. The van der Waals surface area contributed by atoms with Gasteiger partial charge in [0.05, 0.1) is 15.6 Å². The van der Waals surface area contributed by atoms with Crippen LogP contribution in [0, 0.1) is 5.82 Å². The van der Waals surface area contributed by atoms with Crippen molar-refractivity contribution < 1.29 is 9.18 Å². The standard InChI is InChI=1S/C13H15ClFN3OS/c14-11-7-9(15)1-2-10(11)13(19)18-5-3-17(4-6-18)8-12(16)20/h1-2,7H,3-6,8H2,(H2,16,20). The van der Waals surface area contributed by atoms with E-state index >= 15 is 0 Å². The lowest BCUT2D eigenvalue weighted by Crippen LogP contribution is -2.50. The van der Waals surface area contributed by atoms with E-state index in [1.807, 2.05) is 0 Å². The van der Waals surface area contributed by atoms with Gasteiger partial charge < -0.3 is 10.6 Å². The zero-order valence-electron chi connectivity index (χ0n) is 10.8. The number of halogens is 2. The molecule has 0 aliphatic carbocycles. The van der Waals surface area contributed by atoms with Crippen LogP contribution in [-0.4, -0.2) is 53.4 Å². The summed E-state index contributed by atoms with van der Waals surface area (Å²) in [5.41, 5.74) is 5.83. The van der Waals surface area contributed by atoms with Crippen LogP contribution in [0.1, 0.15) is 10.4 Å². The Bertz CT molecular complexity index is 532. The Morgan fingerprint density at radius 1 is 1.35 bits per heavy atom. The molecule has 1 aromatic carbocycles. The van der Waals surface area contributed by atoms with Gasteiger partial charge in [-0.15, -0.1) is 0 Å². The number of carbonyl (C=O) groups is 1. The van der Waals surface area contributed by atoms with Crippen molar-refractivity contribution in [3.05, 3.63) is 34.6 Å². The Hall–Kier alpha value is -1.24. The molecule has 0 unspecified atom stereocenters. The molecule has 7 heteroatoms. The number of piperazine rings is 1. The Balaban J connectivity index is 1.99. The van der Waals surface area contributed by atoms with Gasteiger partial charge in [-0.1, -0.05) is 23.8 Å². The van der Waals surface area contributed by atoms with Crippen LogP contribution in [0.5, 0.6) is 0 Å². The number of rotatable bonds is 3. The van der Waals surface area contributed by atoms with Crippen molar-refractivity contribution in [2.24, 2.45) is 5.73 Å². The fraction of sp³-hybridized carbons (Fsp3) is 0.385. The Morgan fingerprint density at radius 3 is 2.55 bits per heavy atom. The van der Waals surface area contributed by atoms with E-state index < -0.39 is 5.82 Å². The number of nitrogens with two attached hydrogens (primary N) is 1. The van der Waals surface area contributed by atoms with Crippen molar-refractivity contribution >= 4 is 34.7 Å². The molecule has 1 amide bonds. The predicted molar refractivity (Wildman–Crippen MR) is 80.5 cm³/mol. The van der Waals surface area contributed by atoms with Crippen molar-refractivity contribution in [2.75, 3.05) is 32.7 Å². The van der Waals surface area contributed by atoms with Crippen LogP contribution in [0.3, 0.4) is 0 Å². The van der Waals surface area contributed by atoms with Crippen LogP contribution in [0.2, 0.25) is 5.02 Å². The summed E-state index contributed by atoms with van der Waals surface area (Å²) in [6, 6.07) is 3.81. The van der Waals surface area contributed by atoms with Crippen LogP contribution in [0.25, 0.3) is 0 Å². The van der Waals surface area contributed by atoms with Gasteiger partial charge in [-0.3, -0.25) is 9.69 Å². The summed E-state index contributed by atoms with van der Waals surface area (Å²) >= 11 is 10.8. The molecule has 1 aliphatic rings. The van der Waals surface area contributed by atoms with Crippen LogP contribution in [-0.2, 0) is 0 Å². The minimum atomic E-state index is -0.451. The van der Waals surface area contributed by atoms with Crippen molar-refractivity contribution in [1.29, 1.82) is 0 Å². The van der Waals surface area contributed by atoms with Gasteiger partial charge in [0, 0.05) is 32.7 Å². The quantitative estimate of drug-likeness (QED) is 0.859. The van der Waals surface area contributed by atoms with E-state index in [1.165, 1.54) is 12.1 Å². The van der Waals surface area contributed by atoms with Crippen LogP contribution in [0.4, 0.5) is 4.39 Å². The molecule has 2 rings (SSSR count). The molecule has 4 nitrogen and oxygen atoms in total. The molecule has 1 aromatic rings. The molecular formula is C13H15ClFN3OS. The van der Waals surface area contributed by atoms with E-state index in [9.17, 15) is 9.18 Å². The molecule has 0 bridgehead atoms. The second-order valence-corrected chi connectivity index (χ2v) is 5.59. The highest BCUT2D eigenvalue weighted by Gasteiger charge is 2.23. The first-order chi connectivity index (χ1) is 9.47. The number of amides is 1. The number of hydrogen-bond donors (Lipinski definition) is 1. The van der Waals surface area contributed by atoms with Gasteiger partial charge in [0.2, 0.25) is 0 Å². The highest BCUT2D eigenvalue weighted by Crippen LogP contribution is 2.19. The second-order valence-electron chi connectivity index (χ2n) is 4.66. The largest absolute Gasteiger partial charge is 0.392 e. The molecule has 1 heterocycles. The summed E-state index contributed by atoms with van der Waals surface area (Å²) in [6.07, 6.45) is 0. The van der Waals surface area contributed by atoms with Gasteiger partial charge in [0.1, 0.15) is 5.82 Å². The highest BCUT2D eigenvalue weighted by atomic mass is 35.5. The van der Waals surface area contributed by atoms with E-state index in [2.05, 4.69) is 4.90 Å². The summed E-state index contributed by atoms with van der Waals surface area (Å²) in [7, 11) is 0. The fourth-order valence-corrected chi connectivity index (χ4v) is 2.59. The lowest BCUT2D eigenvalue weighted by Gasteiger charge is -2.34. The molecule has 0 radical (unpaired) electrons. The smallest absolute Gasteiger partial charge is 0.255 e. The molecule has 20 heavy (non-hydrogen) atoms. The van der Waals surface area contributed by atoms with E-state index in [0.29, 0.717) is 43.3 Å². The molecular weight excluding hydrogens is 301 g/mol. The zero-order valence-corrected chi connectivity index (χ0v) is 12.4. The summed E-state index contributed by atoms with van der Waals surface area (Å²) < 4.78 is 13.0. The lowest BCUT2D eigenvalue weighted by atomic mass is 10.1. The lowest BCUT2D eigenvalue weighted by molar-refractivity contribution is 0.0654. The molecule has 0 aromatic heterocycles. The average molecular weight is 316 g/mol. The first kappa shape index (κ1) is 15.2. The summed E-state index contributed by atoms with van der Waals surface area (Å²) in [5, 5.41) is 0.139. The maximum atomic E-state index is 13.0. The molecule has 1 saturated heterocycles. The maximum absolute atomic E-state index is 13.0. The SMILES string of the molecule is NC(=S)CN1CCN(C(=O)c2ccc(F)cc2Cl)CC1. The van der Waals surface area contributed by atoms with Crippen molar-refractivity contribution in [2.45, 2.75) is 0 Å². The third-order valence-corrected chi connectivity index (χ3v) is 3.64. The first-order valence-corrected chi connectivity index (χ1v) is 7.01. The topological polar surface area (TPSA) is 49.6 Å². The van der Waals surface area contributed by atoms with Crippen molar-refractivity contribution in [3.8, 4) is 0 Å². The van der Waals surface area contributed by atoms with Crippen LogP contribution < -0.4 is 5.73 Å². The van der Waals surface area contributed by atoms with E-state index in [-0.39, 0.29) is 10.9 Å². The molecule has 0 spiro atoms. The molecule has 1 fully saturated rings. The number of benzene rings is 1. The van der Waals surface area contributed by atoms with E-state index in [4.69, 9.17) is 29.6 Å². The Labute approximate surface area is 127 Å². The fourth-order valence-electron chi connectivity index (χ4n) is 2.16. The summed E-state index contributed by atoms with van der Waals surface area (Å²) in [5.74, 6) is -0.627. The summed E-state index contributed by atoms with van der Waals surface area (Å²) in [6.45, 7) is 3.14. The van der Waals surface area contributed by atoms with Crippen LogP contribution >= 0.6 is 23.8 Å². The zero-order chi connectivity index (χ0) is 14.7. The van der Waals surface area contributed by atoms with Gasteiger partial charge in [-0.2, -0.15) is 0 Å². The molecule has 1 aliphatic heterocycles. The van der Waals surface area contributed by atoms with Gasteiger partial charge >= 0.3 is 0 Å². The van der Waals surface area contributed by atoms with E-state index in [0.717, 1.165) is 6.07 Å². The van der Waals surface area contributed by atoms with Gasteiger partial charge in [-0.25, -0.2) is 4.39 Å². The molecule has 0 saturated carbocycles. The third-order valence-electron chi connectivity index (χ3n) is 3.20. The molecule has 108 valence electrons. The number of hydrogen-bond acceptors (Lipinski definition) is 3. The number of thiocarbonyl (C=S) groups is 1. The van der Waals surface area contributed by atoms with Gasteiger partial charge in [0.15, 0.2) is 0 Å². The van der Waals surface area contributed by atoms with Crippen molar-refractivity contribution in [3.63, 3.8) is 0 Å². The average Bonchev–Trinajstić information content (AvgIpc) is 2.38. The second kappa shape index (κ2) is 6.47. The Kier molecular flexibility index (Phi) is 4.91. The van der Waals surface area contributed by atoms with Gasteiger partial charge in [0.25, 0.3) is 5.91 Å². The molecule has 2 N–H and O–H groups in total. The molecule has 0 atom stereocenters. The number of nitrogens with zero attached hydrogens (tertiary/aromatic N) is 2. The van der Waals surface area contributed by atoms with E-state index in [1.54, 1.807) is 4.90 Å². The predicted octanol–water partition coefficient (Wildman–Crippen LogP) is 1.52. The third kappa shape index (κ3) is 3.65. The monoisotopic (exact) mass is 315 g/mol. The van der Waals surface area contributed by atoms with Crippen molar-refractivity contribution in [1.82, 2.24) is 9.80 Å².